The summed E-state index contributed by atoms with van der Waals surface area (Å²) < 4.78 is 13.3. The summed E-state index contributed by atoms with van der Waals surface area (Å²) in [6.45, 7) is 12.8. The number of hydrogen-bond acceptors (Lipinski definition) is 6. The first kappa shape index (κ1) is 33.9. The van der Waals surface area contributed by atoms with Crippen LogP contribution in [0.4, 0.5) is 0 Å². The van der Waals surface area contributed by atoms with Crippen LogP contribution >= 0.6 is 0 Å². The predicted octanol–water partition coefficient (Wildman–Crippen LogP) is 5.38. The van der Waals surface area contributed by atoms with E-state index in [1.165, 1.54) is 0 Å². The normalized spacial score (nSPS) is 25.0. The Morgan fingerprint density at radius 1 is 0.917 bits per heavy atom. The number of hydrogen-bond donors (Lipinski definition) is 3. The molecule has 2 heterocycles. The van der Waals surface area contributed by atoms with E-state index in [0.717, 1.165) is 24.0 Å². The number of amides is 3. The first-order valence-electron chi connectivity index (χ1n) is 17.2. The van der Waals surface area contributed by atoms with Crippen LogP contribution in [-0.4, -0.2) is 60.1 Å². The van der Waals surface area contributed by atoms with E-state index in [1.807, 2.05) is 55.5 Å². The van der Waals surface area contributed by atoms with Gasteiger partial charge in [0.15, 0.2) is 0 Å². The van der Waals surface area contributed by atoms with Crippen molar-refractivity contribution in [2.45, 2.75) is 84.5 Å². The van der Waals surface area contributed by atoms with Gasteiger partial charge in [-0.1, -0.05) is 81.8 Å². The number of aryl methyl sites for hydroxylation is 1. The summed E-state index contributed by atoms with van der Waals surface area (Å²) in [5.41, 5.74) is 2.94. The van der Waals surface area contributed by atoms with Gasteiger partial charge in [-0.3, -0.25) is 14.4 Å². The lowest BCUT2D eigenvalue weighted by Gasteiger charge is -2.64. The third kappa shape index (κ3) is 6.78. The molecule has 6 atom stereocenters. The van der Waals surface area contributed by atoms with Gasteiger partial charge < -0.3 is 25.3 Å². The molecule has 3 aromatic rings. The Labute approximate surface area is 284 Å². The highest BCUT2D eigenvalue weighted by molar-refractivity contribution is 6.48. The van der Waals surface area contributed by atoms with Gasteiger partial charge in [0.1, 0.15) is 11.7 Å². The van der Waals surface area contributed by atoms with Gasteiger partial charge in [0.25, 0.3) is 11.8 Å². The molecular weight excluding hydrogens is 603 g/mol. The molecule has 252 valence electrons. The zero-order valence-corrected chi connectivity index (χ0v) is 28.8. The lowest BCUT2D eigenvalue weighted by molar-refractivity contribution is -0.199. The summed E-state index contributed by atoms with van der Waals surface area (Å²) in [5, 5.41) is 8.85. The number of aromatic nitrogens is 1. The van der Waals surface area contributed by atoms with Gasteiger partial charge in [0.05, 0.1) is 23.3 Å². The molecule has 7 rings (SSSR count). The fraction of sp³-hybridized carbons (Fsp3) is 0.474. The predicted molar refractivity (Wildman–Crippen MR) is 186 cm³/mol. The molecule has 0 unspecified atom stereocenters. The van der Waals surface area contributed by atoms with E-state index in [1.54, 1.807) is 24.3 Å². The number of nitrogens with zero attached hydrogens (tertiary/aromatic N) is 1. The highest BCUT2D eigenvalue weighted by Crippen LogP contribution is 2.65. The first-order valence-corrected chi connectivity index (χ1v) is 17.2. The quantitative estimate of drug-likeness (QED) is 0.240. The second-order valence-corrected chi connectivity index (χ2v) is 15.0. The van der Waals surface area contributed by atoms with Crippen molar-refractivity contribution in [3.05, 3.63) is 89.6 Å². The summed E-state index contributed by atoms with van der Waals surface area (Å²) in [7, 11) is -0.621. The monoisotopic (exact) mass is 650 g/mol. The van der Waals surface area contributed by atoms with Crippen molar-refractivity contribution in [3.63, 3.8) is 0 Å². The molecule has 4 fully saturated rings. The smallest absolute Gasteiger partial charge is 0.404 e. The average Bonchev–Trinajstić information content (AvgIpc) is 3.44. The highest BCUT2D eigenvalue weighted by Gasteiger charge is 2.68. The second-order valence-electron chi connectivity index (χ2n) is 15.0. The number of pyridine rings is 1. The van der Waals surface area contributed by atoms with E-state index in [2.05, 4.69) is 55.6 Å². The lowest BCUT2D eigenvalue weighted by atomic mass is 9.43. The van der Waals surface area contributed by atoms with Gasteiger partial charge in [-0.25, -0.2) is 4.98 Å². The Balaban J connectivity index is 1.21. The van der Waals surface area contributed by atoms with Gasteiger partial charge in [-0.2, -0.15) is 0 Å². The van der Waals surface area contributed by atoms with E-state index in [4.69, 9.17) is 9.31 Å². The number of rotatable bonds is 11. The fourth-order valence-corrected chi connectivity index (χ4v) is 7.87. The van der Waals surface area contributed by atoms with Crippen LogP contribution in [0.2, 0.25) is 0 Å². The minimum Gasteiger partial charge on any atom is -0.404 e. The van der Waals surface area contributed by atoms with Gasteiger partial charge in [-0.05, 0) is 80.5 Å². The molecule has 1 aromatic heterocycles. The third-order valence-corrected chi connectivity index (χ3v) is 10.8. The molecule has 1 saturated heterocycles. The first-order chi connectivity index (χ1) is 22.8. The van der Waals surface area contributed by atoms with Gasteiger partial charge in [0, 0.05) is 17.7 Å². The number of nitrogens with one attached hydrogen (secondary N) is 3. The molecule has 3 amide bonds. The SMILES string of the molecule is Cc1ccc(C(=O)NC[C@H](NC(=O)c2cccc(-c3ccccc3)n2)C(=O)N[C@@H](CC(C)C)B2O[C@@H]3C[C@@H]4C[C@@H](C4(C)C)[C@]3(C)O2)cc1. The van der Waals surface area contributed by atoms with Crippen LogP contribution in [0.25, 0.3) is 11.3 Å². The molecule has 10 heteroatoms. The van der Waals surface area contributed by atoms with E-state index in [0.29, 0.717) is 29.5 Å². The average molecular weight is 651 g/mol. The maximum atomic E-state index is 14.1. The Kier molecular flexibility index (Phi) is 9.51. The molecule has 0 spiro atoms. The van der Waals surface area contributed by atoms with Gasteiger partial charge >= 0.3 is 7.12 Å². The van der Waals surface area contributed by atoms with Crippen molar-refractivity contribution in [3.8, 4) is 11.3 Å². The standard InChI is InChI=1S/C38H47BN4O5/c1-23(2)19-33(39-47-32-21-27-20-31(37(27,4)5)38(32,6)48-39)43-36(46)30(22-40-34(44)26-17-15-24(3)16-18-26)42-35(45)29-14-10-13-28(41-29)25-11-8-7-9-12-25/h7-18,23,27,30-33H,19-22H2,1-6H3,(H,40,44)(H,42,45)(H,43,46)/t27-,30-,31-,32+,33-,38-/m0/s1. The van der Waals surface area contributed by atoms with Crippen molar-refractivity contribution in [2.24, 2.45) is 23.2 Å². The van der Waals surface area contributed by atoms with Crippen LogP contribution in [0.5, 0.6) is 0 Å². The Bertz CT molecular complexity index is 1650. The lowest BCUT2D eigenvalue weighted by Crippen LogP contribution is -2.65. The fourth-order valence-electron chi connectivity index (χ4n) is 7.87. The van der Waals surface area contributed by atoms with E-state index in [-0.39, 0.29) is 35.6 Å². The van der Waals surface area contributed by atoms with E-state index >= 15 is 0 Å². The summed E-state index contributed by atoms with van der Waals surface area (Å²) in [6, 6.07) is 20.9. The summed E-state index contributed by atoms with van der Waals surface area (Å²) in [6.07, 6.45) is 2.66. The van der Waals surface area contributed by atoms with Crippen LogP contribution in [0, 0.1) is 30.1 Å². The Morgan fingerprint density at radius 3 is 2.33 bits per heavy atom. The largest absolute Gasteiger partial charge is 0.481 e. The van der Waals surface area contributed by atoms with Crippen molar-refractivity contribution in [1.82, 2.24) is 20.9 Å². The minimum absolute atomic E-state index is 0.0295. The molecule has 0 radical (unpaired) electrons. The van der Waals surface area contributed by atoms with Crippen LogP contribution in [0.15, 0.2) is 72.8 Å². The molecule has 3 saturated carbocycles. The third-order valence-electron chi connectivity index (χ3n) is 10.8. The molecule has 2 bridgehead atoms. The van der Waals surface area contributed by atoms with Gasteiger partial charge in [-0.15, -0.1) is 0 Å². The van der Waals surface area contributed by atoms with Crippen molar-refractivity contribution in [2.75, 3.05) is 6.54 Å². The molecule has 3 N–H and O–H groups in total. The van der Waals surface area contributed by atoms with Crippen LogP contribution in [-0.2, 0) is 14.1 Å². The number of carbonyl (C=O) groups excluding carboxylic acids is 3. The van der Waals surface area contributed by atoms with Crippen molar-refractivity contribution in [1.29, 1.82) is 0 Å². The topological polar surface area (TPSA) is 119 Å². The zero-order valence-electron chi connectivity index (χ0n) is 28.8. The maximum Gasteiger partial charge on any atom is 0.481 e. The molecular formula is C38H47BN4O5. The molecule has 9 nitrogen and oxygen atoms in total. The minimum atomic E-state index is -1.09. The zero-order chi connectivity index (χ0) is 34.2. The second kappa shape index (κ2) is 13.5. The van der Waals surface area contributed by atoms with Gasteiger partial charge in [0.2, 0.25) is 5.91 Å². The molecule has 48 heavy (non-hydrogen) atoms. The van der Waals surface area contributed by atoms with E-state index in [9.17, 15) is 14.4 Å². The Morgan fingerprint density at radius 2 is 1.65 bits per heavy atom. The summed E-state index contributed by atoms with van der Waals surface area (Å²) in [5.74, 6) is -0.523. The molecule has 4 aliphatic rings. The van der Waals surface area contributed by atoms with Crippen LogP contribution < -0.4 is 16.0 Å². The maximum absolute atomic E-state index is 14.1. The summed E-state index contributed by atoms with van der Waals surface area (Å²) in [4.78, 5) is 45.4. The van der Waals surface area contributed by atoms with Crippen molar-refractivity contribution >= 4 is 24.8 Å². The molecule has 2 aromatic carbocycles. The molecule has 3 aliphatic carbocycles. The van der Waals surface area contributed by atoms with Crippen LogP contribution in [0.1, 0.15) is 80.3 Å². The van der Waals surface area contributed by atoms with Crippen LogP contribution in [0.3, 0.4) is 0 Å². The highest BCUT2D eigenvalue weighted by atomic mass is 16.7. The van der Waals surface area contributed by atoms with Crippen molar-refractivity contribution < 1.29 is 23.7 Å². The summed E-state index contributed by atoms with van der Waals surface area (Å²) >= 11 is 0. The molecule has 1 aliphatic heterocycles. The number of benzene rings is 2. The van der Waals surface area contributed by atoms with E-state index < -0.39 is 36.5 Å². The Hall–Kier alpha value is -4.02. The number of carbonyl (C=O) groups is 3.